The van der Waals surface area contributed by atoms with Gasteiger partial charge in [0.15, 0.2) is 0 Å². The molecule has 1 aromatic rings. The average molecular weight is 196 g/mol. The van der Waals surface area contributed by atoms with Gasteiger partial charge in [-0.25, -0.2) is 0 Å². The molecule has 1 aromatic carbocycles. The maximum atomic E-state index is 2.35. The molecule has 0 unspecified atom stereocenters. The van der Waals surface area contributed by atoms with Crippen LogP contribution in [0.4, 0.5) is 0 Å². The van der Waals surface area contributed by atoms with Crippen LogP contribution in [0.15, 0.2) is 30.3 Å². The van der Waals surface area contributed by atoms with Crippen molar-refractivity contribution >= 4 is 12.6 Å². The van der Waals surface area contributed by atoms with Crippen molar-refractivity contribution in [2.45, 2.75) is 20.8 Å². The fourth-order valence-electron chi connectivity index (χ4n) is 2.15. The van der Waals surface area contributed by atoms with Gasteiger partial charge in [-0.05, 0) is 0 Å². The van der Waals surface area contributed by atoms with Gasteiger partial charge in [-0.2, -0.15) is 0 Å². The van der Waals surface area contributed by atoms with E-state index in [4.69, 9.17) is 0 Å². The number of benzene rings is 1. The molecule has 0 fully saturated rings. The van der Waals surface area contributed by atoms with E-state index in [2.05, 4.69) is 51.1 Å². The summed E-state index contributed by atoms with van der Waals surface area (Å²) in [5, 5.41) is 1.64. The van der Waals surface area contributed by atoms with Crippen LogP contribution in [0.5, 0.6) is 0 Å². The maximum absolute atomic E-state index is 2.35. The molecular weight excluding hydrogens is 175 g/mol. The Hall–Kier alpha value is -0.350. The van der Waals surface area contributed by atoms with Gasteiger partial charge in [0.25, 0.3) is 0 Å². The van der Waals surface area contributed by atoms with E-state index in [0.29, 0.717) is 0 Å². The molecule has 0 atom stereocenters. The molecule has 74 valence electrons. The van der Waals surface area contributed by atoms with Crippen LogP contribution in [-0.2, 0) is 0 Å². The number of rotatable bonds is 4. The van der Waals surface area contributed by atoms with Crippen LogP contribution in [0.25, 0.3) is 0 Å². The Morgan fingerprint density at radius 2 is 1.31 bits per heavy atom. The van der Waals surface area contributed by atoms with Crippen molar-refractivity contribution in [3.8, 4) is 0 Å². The van der Waals surface area contributed by atoms with Crippen LogP contribution in [0.1, 0.15) is 20.8 Å². The van der Waals surface area contributed by atoms with E-state index in [-0.39, 0.29) is 0 Å². The molecule has 0 amide bonds. The topological polar surface area (TPSA) is 0 Å². The van der Waals surface area contributed by atoms with E-state index in [0.717, 1.165) is 0 Å². The zero-order valence-corrected chi connectivity index (χ0v) is 10.0. The summed E-state index contributed by atoms with van der Waals surface area (Å²) in [6, 6.07) is 11.1. The molecule has 0 nitrogen and oxygen atoms in total. The Morgan fingerprint density at radius 3 is 1.69 bits per heavy atom. The molecule has 1 heteroatoms. The minimum absolute atomic E-state index is 1.09. The Labute approximate surface area is 82.7 Å². The Kier molecular flexibility index (Phi) is 3.93. The molecule has 0 saturated carbocycles. The summed E-state index contributed by atoms with van der Waals surface area (Å²) in [6.07, 6.45) is 4.14. The van der Waals surface area contributed by atoms with Crippen molar-refractivity contribution in [3.63, 3.8) is 0 Å². The molecule has 0 bridgehead atoms. The van der Waals surface area contributed by atoms with E-state index in [1.807, 2.05) is 0 Å². The van der Waals surface area contributed by atoms with Gasteiger partial charge < -0.3 is 0 Å². The van der Waals surface area contributed by atoms with Crippen molar-refractivity contribution < 1.29 is 0 Å². The van der Waals surface area contributed by atoms with Gasteiger partial charge in [-0.15, -0.1) is 0 Å². The van der Waals surface area contributed by atoms with E-state index in [1.54, 1.807) is 5.30 Å². The van der Waals surface area contributed by atoms with Gasteiger partial charge in [0.2, 0.25) is 0 Å². The fourth-order valence-corrected chi connectivity index (χ4v) is 5.78. The second-order valence-electron chi connectivity index (χ2n) is 3.71. The molecule has 0 radical (unpaired) electrons. The van der Waals surface area contributed by atoms with Gasteiger partial charge in [0.1, 0.15) is 0 Å². The average Bonchev–Trinajstić information content (AvgIpc) is 2.23. The quantitative estimate of drug-likeness (QED) is 0.649. The summed E-state index contributed by atoms with van der Waals surface area (Å²) in [6.45, 7) is 7.06. The number of hydrogen-bond acceptors (Lipinski definition) is 0. The normalized spacial score (nSPS) is 12.8. The van der Waals surface area contributed by atoms with Gasteiger partial charge in [0.05, 0.1) is 0 Å². The van der Waals surface area contributed by atoms with Crippen LogP contribution in [-0.4, -0.2) is 18.5 Å². The molecule has 0 aromatic heterocycles. The molecule has 0 aliphatic rings. The molecule has 0 spiro atoms. The van der Waals surface area contributed by atoms with Gasteiger partial charge in [0, 0.05) is 0 Å². The van der Waals surface area contributed by atoms with E-state index in [9.17, 15) is 0 Å². The first-order chi connectivity index (χ1) is 6.29. The molecule has 1 rings (SSSR count). The van der Waals surface area contributed by atoms with Crippen molar-refractivity contribution in [1.82, 2.24) is 0 Å². The Bertz CT molecular complexity index is 228. The second kappa shape index (κ2) is 4.77. The first-order valence-corrected chi connectivity index (χ1v) is 7.96. The summed E-state index contributed by atoms with van der Waals surface area (Å²) in [4.78, 5) is 0. The van der Waals surface area contributed by atoms with Crippen molar-refractivity contribution in [2.24, 2.45) is 0 Å². The summed E-state index contributed by atoms with van der Waals surface area (Å²) < 4.78 is 0. The molecule has 0 saturated heterocycles. The van der Waals surface area contributed by atoms with Gasteiger partial charge >= 0.3 is 82.2 Å². The predicted octanol–water partition coefficient (Wildman–Crippen LogP) is 3.12. The van der Waals surface area contributed by atoms with E-state index < -0.39 is 7.26 Å². The zero-order chi connectivity index (χ0) is 9.73. The summed E-state index contributed by atoms with van der Waals surface area (Å²) in [7, 11) is -1.09. The van der Waals surface area contributed by atoms with Crippen molar-refractivity contribution in [1.29, 1.82) is 0 Å². The fraction of sp³-hybridized carbons (Fsp3) is 0.500. The van der Waals surface area contributed by atoms with Crippen LogP contribution in [0.2, 0.25) is 0 Å². The molecule has 0 N–H and O–H groups in total. The standard InChI is InChI=1S/C12H21P/c1-4-13(5-2,6-3)12-10-8-7-9-11-12/h7-11,13H,4-6H2,1-3H3. The van der Waals surface area contributed by atoms with Crippen LogP contribution in [0.3, 0.4) is 0 Å². The van der Waals surface area contributed by atoms with E-state index >= 15 is 0 Å². The molecule has 0 aliphatic heterocycles. The molecular formula is C12H21P. The summed E-state index contributed by atoms with van der Waals surface area (Å²) in [5.41, 5.74) is 0. The third-order valence-corrected chi connectivity index (χ3v) is 9.04. The van der Waals surface area contributed by atoms with Crippen molar-refractivity contribution in [2.75, 3.05) is 18.5 Å². The summed E-state index contributed by atoms with van der Waals surface area (Å²) in [5.74, 6) is 0. The molecule has 0 aliphatic carbocycles. The predicted molar refractivity (Wildman–Crippen MR) is 66.0 cm³/mol. The van der Waals surface area contributed by atoms with Gasteiger partial charge in [-0.3, -0.25) is 0 Å². The first-order valence-electron chi connectivity index (χ1n) is 5.34. The van der Waals surface area contributed by atoms with E-state index in [1.165, 1.54) is 18.5 Å². The second-order valence-corrected chi connectivity index (χ2v) is 8.97. The molecule has 0 heterocycles. The van der Waals surface area contributed by atoms with Gasteiger partial charge in [-0.1, -0.05) is 0 Å². The minimum atomic E-state index is -1.09. The Morgan fingerprint density at radius 1 is 0.846 bits per heavy atom. The first kappa shape index (κ1) is 10.7. The van der Waals surface area contributed by atoms with Crippen LogP contribution in [0, 0.1) is 0 Å². The Balaban J connectivity index is 3.01. The number of hydrogen-bond donors (Lipinski definition) is 0. The SMILES string of the molecule is CC[PH](CC)(CC)c1ccccc1. The monoisotopic (exact) mass is 196 g/mol. The van der Waals surface area contributed by atoms with Crippen molar-refractivity contribution in [3.05, 3.63) is 30.3 Å². The van der Waals surface area contributed by atoms with Crippen LogP contribution >= 0.6 is 7.26 Å². The third kappa shape index (κ3) is 2.11. The zero-order valence-electron chi connectivity index (χ0n) is 9.01. The van der Waals surface area contributed by atoms with Crippen LogP contribution < -0.4 is 5.30 Å². The third-order valence-electron chi connectivity index (χ3n) is 3.42. The molecule has 13 heavy (non-hydrogen) atoms. The summed E-state index contributed by atoms with van der Waals surface area (Å²) >= 11 is 0.